The fourth-order valence-corrected chi connectivity index (χ4v) is 1.67. The highest BCUT2D eigenvalue weighted by Gasteiger charge is 2.09. The van der Waals surface area contributed by atoms with Crippen molar-refractivity contribution >= 4 is 15.8 Å². The molecule has 0 radical (unpaired) electrons. The van der Waals surface area contributed by atoms with Crippen LogP contribution >= 0.6 is 0 Å². The summed E-state index contributed by atoms with van der Waals surface area (Å²) in [6.07, 6.45) is 2.11. The van der Waals surface area contributed by atoms with Gasteiger partial charge in [-0.2, -0.15) is 0 Å². The highest BCUT2D eigenvalue weighted by molar-refractivity contribution is 7.89. The van der Waals surface area contributed by atoms with Gasteiger partial charge in [0.25, 0.3) is 0 Å². The van der Waals surface area contributed by atoms with Crippen molar-refractivity contribution in [3.05, 3.63) is 18.3 Å². The molecule has 0 aliphatic carbocycles. The molecule has 0 fully saturated rings. The highest BCUT2D eigenvalue weighted by Crippen LogP contribution is 2.12. The first kappa shape index (κ1) is 12.9. The summed E-state index contributed by atoms with van der Waals surface area (Å²) in [5.74, 6) is 0.695. The number of hydrogen-bond acceptors (Lipinski definition) is 5. The van der Waals surface area contributed by atoms with Crippen molar-refractivity contribution in [3.8, 4) is 0 Å². The van der Waals surface area contributed by atoms with E-state index in [0.717, 1.165) is 13.0 Å². The number of hydrogen-bond donors (Lipinski definition) is 2. The van der Waals surface area contributed by atoms with Crippen molar-refractivity contribution in [1.82, 2.24) is 4.98 Å². The molecule has 0 atom stereocenters. The monoisotopic (exact) mass is 244 g/mol. The maximum atomic E-state index is 11.0. The Morgan fingerprint density at radius 1 is 1.44 bits per heavy atom. The number of aromatic nitrogens is 1. The Morgan fingerprint density at radius 3 is 2.56 bits per heavy atom. The van der Waals surface area contributed by atoms with E-state index < -0.39 is 10.0 Å². The van der Waals surface area contributed by atoms with E-state index in [2.05, 4.69) is 4.98 Å². The first-order chi connectivity index (χ1) is 7.45. The number of sulfonamides is 1. The Balaban J connectivity index is 2.79. The standard InChI is InChI=1S/C9H16N4O2S/c1-13(6-2-5-10)9-4-3-8(7-12-9)16(11,14)15/h3-4,7H,2,5-6,10H2,1H3,(H2,11,14,15). The molecule has 0 bridgehead atoms. The number of rotatable bonds is 5. The first-order valence-electron chi connectivity index (χ1n) is 4.85. The number of anilines is 1. The van der Waals surface area contributed by atoms with Crippen molar-refractivity contribution in [3.63, 3.8) is 0 Å². The summed E-state index contributed by atoms with van der Waals surface area (Å²) in [6.45, 7) is 1.39. The Morgan fingerprint density at radius 2 is 2.12 bits per heavy atom. The molecular formula is C9H16N4O2S. The highest BCUT2D eigenvalue weighted by atomic mass is 32.2. The van der Waals surface area contributed by atoms with Gasteiger partial charge in [-0.1, -0.05) is 0 Å². The van der Waals surface area contributed by atoms with Crippen LogP contribution in [0.3, 0.4) is 0 Å². The summed E-state index contributed by atoms with van der Waals surface area (Å²) in [7, 11) is -1.79. The lowest BCUT2D eigenvalue weighted by Crippen LogP contribution is -2.22. The molecule has 7 heteroatoms. The second-order valence-electron chi connectivity index (χ2n) is 3.46. The third kappa shape index (κ3) is 3.44. The molecule has 6 nitrogen and oxygen atoms in total. The summed E-state index contributed by atoms with van der Waals surface area (Å²) < 4.78 is 22.0. The predicted octanol–water partition coefficient (Wildman–Crippen LogP) is -0.486. The maximum absolute atomic E-state index is 11.0. The minimum absolute atomic E-state index is 0.0171. The molecule has 90 valence electrons. The van der Waals surface area contributed by atoms with Crippen molar-refractivity contribution < 1.29 is 8.42 Å². The SMILES string of the molecule is CN(CCCN)c1ccc(S(N)(=O)=O)cn1. The maximum Gasteiger partial charge on any atom is 0.239 e. The van der Waals surface area contributed by atoms with Gasteiger partial charge in [-0.3, -0.25) is 0 Å². The van der Waals surface area contributed by atoms with Crippen LogP contribution in [0.2, 0.25) is 0 Å². The molecular weight excluding hydrogens is 228 g/mol. The predicted molar refractivity (Wildman–Crippen MR) is 62.6 cm³/mol. The molecule has 0 saturated carbocycles. The van der Waals surface area contributed by atoms with Crippen LogP contribution < -0.4 is 15.8 Å². The van der Waals surface area contributed by atoms with Gasteiger partial charge >= 0.3 is 0 Å². The van der Waals surface area contributed by atoms with Crippen LogP contribution in [0.4, 0.5) is 5.82 Å². The van der Waals surface area contributed by atoms with Gasteiger partial charge in [-0.25, -0.2) is 18.5 Å². The average Bonchev–Trinajstić information content (AvgIpc) is 2.25. The van der Waals surface area contributed by atoms with Gasteiger partial charge < -0.3 is 10.6 Å². The lowest BCUT2D eigenvalue weighted by molar-refractivity contribution is 0.597. The van der Waals surface area contributed by atoms with Gasteiger partial charge in [0.15, 0.2) is 0 Å². The fraction of sp³-hybridized carbons (Fsp3) is 0.444. The molecule has 0 saturated heterocycles. The van der Waals surface area contributed by atoms with E-state index in [1.54, 1.807) is 6.07 Å². The zero-order valence-electron chi connectivity index (χ0n) is 9.13. The second-order valence-corrected chi connectivity index (χ2v) is 5.02. The van der Waals surface area contributed by atoms with Crippen LogP contribution in [0.25, 0.3) is 0 Å². The van der Waals surface area contributed by atoms with E-state index >= 15 is 0 Å². The van der Waals surface area contributed by atoms with E-state index in [9.17, 15) is 8.42 Å². The van der Waals surface area contributed by atoms with Gasteiger partial charge in [0, 0.05) is 19.8 Å². The van der Waals surface area contributed by atoms with Crippen LogP contribution in [0.1, 0.15) is 6.42 Å². The van der Waals surface area contributed by atoms with Crippen LogP contribution in [-0.4, -0.2) is 33.5 Å². The zero-order valence-corrected chi connectivity index (χ0v) is 9.94. The lowest BCUT2D eigenvalue weighted by atomic mass is 10.4. The molecule has 0 aromatic carbocycles. The van der Waals surface area contributed by atoms with Crippen molar-refractivity contribution in [1.29, 1.82) is 0 Å². The minimum atomic E-state index is -3.66. The molecule has 0 aliphatic rings. The molecule has 4 N–H and O–H groups in total. The van der Waals surface area contributed by atoms with E-state index in [4.69, 9.17) is 10.9 Å². The third-order valence-corrected chi connectivity index (χ3v) is 3.04. The van der Waals surface area contributed by atoms with Crippen molar-refractivity contribution in [2.24, 2.45) is 10.9 Å². The Bertz CT molecular complexity index is 429. The molecule has 1 aromatic rings. The molecule has 0 spiro atoms. The second kappa shape index (κ2) is 5.24. The summed E-state index contributed by atoms with van der Waals surface area (Å²) in [4.78, 5) is 5.94. The number of primary sulfonamides is 1. The first-order valence-corrected chi connectivity index (χ1v) is 6.40. The average molecular weight is 244 g/mol. The topological polar surface area (TPSA) is 102 Å². The number of nitrogens with zero attached hydrogens (tertiary/aromatic N) is 2. The molecule has 0 unspecified atom stereocenters. The fourth-order valence-electron chi connectivity index (χ4n) is 1.21. The quantitative estimate of drug-likeness (QED) is 0.728. The summed E-state index contributed by atoms with van der Waals surface area (Å²) >= 11 is 0. The van der Waals surface area contributed by atoms with Crippen molar-refractivity contribution in [2.45, 2.75) is 11.3 Å². The smallest absolute Gasteiger partial charge is 0.239 e. The zero-order chi connectivity index (χ0) is 12.2. The van der Waals surface area contributed by atoms with Gasteiger partial charge in [-0.05, 0) is 25.1 Å². The van der Waals surface area contributed by atoms with Crippen molar-refractivity contribution in [2.75, 3.05) is 25.0 Å². The summed E-state index contributed by atoms with van der Waals surface area (Å²) in [6, 6.07) is 3.06. The van der Waals surface area contributed by atoms with Gasteiger partial charge in [0.2, 0.25) is 10.0 Å². The van der Waals surface area contributed by atoms with E-state index in [0.29, 0.717) is 12.4 Å². The minimum Gasteiger partial charge on any atom is -0.360 e. The molecule has 1 rings (SSSR count). The Hall–Kier alpha value is -1.18. The largest absolute Gasteiger partial charge is 0.360 e. The molecule has 0 amide bonds. The van der Waals surface area contributed by atoms with Gasteiger partial charge in [0.1, 0.15) is 10.7 Å². The summed E-state index contributed by atoms with van der Waals surface area (Å²) in [5, 5.41) is 4.97. The summed E-state index contributed by atoms with van der Waals surface area (Å²) in [5.41, 5.74) is 5.39. The van der Waals surface area contributed by atoms with Crippen LogP contribution in [0, 0.1) is 0 Å². The Kier molecular flexibility index (Phi) is 4.22. The third-order valence-electron chi connectivity index (χ3n) is 2.14. The molecule has 0 aliphatic heterocycles. The van der Waals surface area contributed by atoms with E-state index in [1.807, 2.05) is 11.9 Å². The van der Waals surface area contributed by atoms with E-state index in [1.165, 1.54) is 12.3 Å². The normalized spacial score (nSPS) is 11.4. The van der Waals surface area contributed by atoms with Gasteiger partial charge in [0.05, 0.1) is 0 Å². The number of pyridine rings is 1. The van der Waals surface area contributed by atoms with E-state index in [-0.39, 0.29) is 4.90 Å². The Labute approximate surface area is 95.3 Å². The van der Waals surface area contributed by atoms with Crippen LogP contribution in [-0.2, 0) is 10.0 Å². The van der Waals surface area contributed by atoms with Crippen LogP contribution in [0.5, 0.6) is 0 Å². The van der Waals surface area contributed by atoms with Gasteiger partial charge in [-0.15, -0.1) is 0 Å². The van der Waals surface area contributed by atoms with Crippen LogP contribution in [0.15, 0.2) is 23.2 Å². The molecule has 1 aromatic heterocycles. The lowest BCUT2D eigenvalue weighted by Gasteiger charge is -2.17. The number of nitrogens with two attached hydrogens (primary N) is 2. The molecule has 16 heavy (non-hydrogen) atoms. The molecule has 1 heterocycles.